The first-order valence-electron chi connectivity index (χ1n) is 7.50. The maximum absolute atomic E-state index is 5.96. The standard InChI is InChI=1S/C18H22ClNS/c1-3-13-20-17(4-2)16-7-5-6-8-18(16)21-15-11-9-14(19)10-12-15/h5-12,17,20H,3-4,13H2,1-2H3. The van der Waals surface area contributed by atoms with E-state index in [4.69, 9.17) is 11.6 Å². The molecule has 0 aromatic heterocycles. The van der Waals surface area contributed by atoms with Gasteiger partial charge in [0.15, 0.2) is 0 Å². The normalized spacial score (nSPS) is 12.3. The summed E-state index contributed by atoms with van der Waals surface area (Å²) >= 11 is 7.76. The molecule has 0 heterocycles. The second-order valence-corrected chi connectivity index (χ2v) is 6.56. The van der Waals surface area contributed by atoms with E-state index in [2.05, 4.69) is 55.6 Å². The number of hydrogen-bond acceptors (Lipinski definition) is 2. The molecule has 0 bridgehead atoms. The Bertz CT molecular complexity index is 553. The van der Waals surface area contributed by atoms with Crippen molar-refractivity contribution < 1.29 is 0 Å². The number of rotatable bonds is 7. The minimum atomic E-state index is 0.418. The van der Waals surface area contributed by atoms with Gasteiger partial charge in [0.25, 0.3) is 0 Å². The molecule has 2 aromatic rings. The Morgan fingerprint density at radius 1 is 1.05 bits per heavy atom. The van der Waals surface area contributed by atoms with E-state index in [1.807, 2.05) is 12.1 Å². The molecule has 112 valence electrons. The average Bonchev–Trinajstić information content (AvgIpc) is 2.52. The van der Waals surface area contributed by atoms with Crippen LogP contribution in [-0.2, 0) is 0 Å². The molecule has 0 saturated heterocycles. The quantitative estimate of drug-likeness (QED) is 0.677. The lowest BCUT2D eigenvalue weighted by Crippen LogP contribution is -2.21. The fourth-order valence-electron chi connectivity index (χ4n) is 2.28. The van der Waals surface area contributed by atoms with Gasteiger partial charge >= 0.3 is 0 Å². The molecule has 0 radical (unpaired) electrons. The molecule has 1 unspecified atom stereocenters. The van der Waals surface area contributed by atoms with Crippen LogP contribution in [0.4, 0.5) is 0 Å². The predicted octanol–water partition coefficient (Wildman–Crippen LogP) is 5.94. The van der Waals surface area contributed by atoms with E-state index in [0.717, 1.165) is 24.4 Å². The zero-order valence-electron chi connectivity index (χ0n) is 12.6. The van der Waals surface area contributed by atoms with Crippen LogP contribution < -0.4 is 5.32 Å². The fourth-order valence-corrected chi connectivity index (χ4v) is 3.41. The summed E-state index contributed by atoms with van der Waals surface area (Å²) in [6, 6.07) is 17.1. The van der Waals surface area contributed by atoms with E-state index >= 15 is 0 Å². The zero-order chi connectivity index (χ0) is 15.1. The number of benzene rings is 2. The molecule has 2 aromatic carbocycles. The van der Waals surface area contributed by atoms with E-state index in [1.165, 1.54) is 15.4 Å². The lowest BCUT2D eigenvalue weighted by atomic mass is 10.0. The third-order valence-corrected chi connectivity index (χ3v) is 4.74. The van der Waals surface area contributed by atoms with Gasteiger partial charge in [-0.05, 0) is 55.3 Å². The summed E-state index contributed by atoms with van der Waals surface area (Å²) in [6.07, 6.45) is 2.25. The smallest absolute Gasteiger partial charge is 0.0406 e. The molecule has 0 fully saturated rings. The van der Waals surface area contributed by atoms with E-state index in [-0.39, 0.29) is 0 Å². The van der Waals surface area contributed by atoms with Crippen molar-refractivity contribution in [3.63, 3.8) is 0 Å². The number of hydrogen-bond donors (Lipinski definition) is 1. The second kappa shape index (κ2) is 8.47. The SMILES string of the molecule is CCCNC(CC)c1ccccc1Sc1ccc(Cl)cc1. The van der Waals surface area contributed by atoms with Crippen LogP contribution in [0.15, 0.2) is 58.3 Å². The van der Waals surface area contributed by atoms with Gasteiger partial charge in [0.05, 0.1) is 0 Å². The Kier molecular flexibility index (Phi) is 6.62. The summed E-state index contributed by atoms with van der Waals surface area (Å²) in [4.78, 5) is 2.53. The van der Waals surface area contributed by atoms with Gasteiger partial charge in [-0.1, -0.05) is 55.4 Å². The van der Waals surface area contributed by atoms with Gasteiger partial charge in [-0.25, -0.2) is 0 Å². The van der Waals surface area contributed by atoms with Crippen LogP contribution in [0.1, 0.15) is 38.3 Å². The van der Waals surface area contributed by atoms with Crippen molar-refractivity contribution in [2.45, 2.75) is 42.5 Å². The Hall–Kier alpha value is -0.960. The molecule has 0 aliphatic rings. The maximum Gasteiger partial charge on any atom is 0.0406 e. The first kappa shape index (κ1) is 16.4. The van der Waals surface area contributed by atoms with Crippen molar-refractivity contribution in [1.82, 2.24) is 5.32 Å². The summed E-state index contributed by atoms with van der Waals surface area (Å²) in [6.45, 7) is 5.49. The van der Waals surface area contributed by atoms with Gasteiger partial charge in [0.1, 0.15) is 0 Å². The molecular weight excluding hydrogens is 298 g/mol. The predicted molar refractivity (Wildman–Crippen MR) is 93.3 cm³/mol. The van der Waals surface area contributed by atoms with Crippen molar-refractivity contribution in [1.29, 1.82) is 0 Å². The van der Waals surface area contributed by atoms with Crippen molar-refractivity contribution in [2.24, 2.45) is 0 Å². The van der Waals surface area contributed by atoms with E-state index in [1.54, 1.807) is 11.8 Å². The Morgan fingerprint density at radius 2 is 1.76 bits per heavy atom. The van der Waals surface area contributed by atoms with Crippen LogP contribution in [0.3, 0.4) is 0 Å². The van der Waals surface area contributed by atoms with Gasteiger partial charge in [0, 0.05) is 20.9 Å². The van der Waals surface area contributed by atoms with Crippen molar-refractivity contribution in [3.8, 4) is 0 Å². The minimum Gasteiger partial charge on any atom is -0.310 e. The molecule has 0 amide bonds. The molecule has 1 N–H and O–H groups in total. The monoisotopic (exact) mass is 319 g/mol. The first-order chi connectivity index (χ1) is 10.2. The van der Waals surface area contributed by atoms with Crippen LogP contribution in [-0.4, -0.2) is 6.54 Å². The summed E-state index contributed by atoms with van der Waals surface area (Å²) in [7, 11) is 0. The maximum atomic E-state index is 5.96. The average molecular weight is 320 g/mol. The lowest BCUT2D eigenvalue weighted by molar-refractivity contribution is 0.512. The highest BCUT2D eigenvalue weighted by Crippen LogP contribution is 2.34. The highest BCUT2D eigenvalue weighted by molar-refractivity contribution is 7.99. The van der Waals surface area contributed by atoms with Gasteiger partial charge in [0.2, 0.25) is 0 Å². The van der Waals surface area contributed by atoms with E-state index in [0.29, 0.717) is 6.04 Å². The Morgan fingerprint density at radius 3 is 2.43 bits per heavy atom. The number of nitrogens with one attached hydrogen (secondary N) is 1. The topological polar surface area (TPSA) is 12.0 Å². The molecule has 1 nitrogen and oxygen atoms in total. The second-order valence-electron chi connectivity index (χ2n) is 5.01. The van der Waals surface area contributed by atoms with Crippen LogP contribution in [0, 0.1) is 0 Å². The third-order valence-electron chi connectivity index (χ3n) is 3.38. The van der Waals surface area contributed by atoms with Gasteiger partial charge in [-0.15, -0.1) is 0 Å². The molecule has 21 heavy (non-hydrogen) atoms. The van der Waals surface area contributed by atoms with Crippen molar-refractivity contribution in [3.05, 3.63) is 59.1 Å². The zero-order valence-corrected chi connectivity index (χ0v) is 14.2. The molecular formula is C18H22ClNS. The van der Waals surface area contributed by atoms with Crippen molar-refractivity contribution in [2.75, 3.05) is 6.54 Å². The van der Waals surface area contributed by atoms with Crippen LogP contribution >= 0.6 is 23.4 Å². The molecule has 2 rings (SSSR count). The highest BCUT2D eigenvalue weighted by Gasteiger charge is 2.13. The molecule has 0 aliphatic carbocycles. The Labute approximate surface area is 137 Å². The van der Waals surface area contributed by atoms with Crippen LogP contribution in [0.2, 0.25) is 5.02 Å². The van der Waals surface area contributed by atoms with Gasteiger partial charge in [-0.3, -0.25) is 0 Å². The van der Waals surface area contributed by atoms with Crippen molar-refractivity contribution >= 4 is 23.4 Å². The minimum absolute atomic E-state index is 0.418. The lowest BCUT2D eigenvalue weighted by Gasteiger charge is -2.20. The molecule has 3 heteroatoms. The largest absolute Gasteiger partial charge is 0.310 e. The highest BCUT2D eigenvalue weighted by atomic mass is 35.5. The van der Waals surface area contributed by atoms with Crippen LogP contribution in [0.25, 0.3) is 0 Å². The fraction of sp³-hybridized carbons (Fsp3) is 0.333. The third kappa shape index (κ3) is 4.77. The summed E-state index contributed by atoms with van der Waals surface area (Å²) < 4.78 is 0. The summed E-state index contributed by atoms with van der Waals surface area (Å²) in [5.74, 6) is 0. The summed E-state index contributed by atoms with van der Waals surface area (Å²) in [5.41, 5.74) is 1.38. The molecule has 0 spiro atoms. The van der Waals surface area contributed by atoms with E-state index in [9.17, 15) is 0 Å². The molecule has 0 aliphatic heterocycles. The van der Waals surface area contributed by atoms with E-state index < -0.39 is 0 Å². The van der Waals surface area contributed by atoms with Gasteiger partial charge in [-0.2, -0.15) is 0 Å². The Balaban J connectivity index is 2.21. The van der Waals surface area contributed by atoms with Gasteiger partial charge < -0.3 is 5.32 Å². The van der Waals surface area contributed by atoms with Crippen LogP contribution in [0.5, 0.6) is 0 Å². The summed E-state index contributed by atoms with van der Waals surface area (Å²) in [5, 5.41) is 4.42. The first-order valence-corrected chi connectivity index (χ1v) is 8.69. The molecule has 0 saturated carbocycles. The number of halogens is 1. The molecule has 1 atom stereocenters.